The van der Waals surface area contributed by atoms with E-state index in [2.05, 4.69) is 20.5 Å². The van der Waals surface area contributed by atoms with E-state index in [1.54, 1.807) is 26.4 Å². The molecule has 2 aromatic rings. The van der Waals surface area contributed by atoms with Crippen molar-refractivity contribution in [1.82, 2.24) is 10.6 Å². The van der Waals surface area contributed by atoms with Crippen LogP contribution in [0.2, 0.25) is 0 Å². The number of nitrogens with zero attached hydrogens (tertiary/aromatic N) is 2. The van der Waals surface area contributed by atoms with Gasteiger partial charge in [-0.1, -0.05) is 12.1 Å². The molecule has 8 heteroatoms. The molecule has 7 nitrogen and oxygen atoms in total. The van der Waals surface area contributed by atoms with Crippen LogP contribution in [0.25, 0.3) is 0 Å². The molecular formula is C23H31FN4O3. The van der Waals surface area contributed by atoms with E-state index in [0.717, 1.165) is 36.7 Å². The van der Waals surface area contributed by atoms with Gasteiger partial charge in [-0.25, -0.2) is 4.39 Å². The second kappa shape index (κ2) is 10.9. The minimum Gasteiger partial charge on any atom is -0.497 e. The van der Waals surface area contributed by atoms with E-state index in [0.29, 0.717) is 18.1 Å². The van der Waals surface area contributed by atoms with Crippen molar-refractivity contribution in [2.45, 2.75) is 25.5 Å². The Labute approximate surface area is 182 Å². The first-order valence-electron chi connectivity index (χ1n) is 10.5. The molecule has 0 radical (unpaired) electrons. The Morgan fingerprint density at radius 3 is 2.48 bits per heavy atom. The molecule has 0 aromatic heterocycles. The van der Waals surface area contributed by atoms with E-state index in [4.69, 9.17) is 9.47 Å². The third-order valence-corrected chi connectivity index (χ3v) is 5.25. The van der Waals surface area contributed by atoms with Crippen molar-refractivity contribution in [3.05, 3.63) is 53.8 Å². The Balaban J connectivity index is 1.62. The van der Waals surface area contributed by atoms with Gasteiger partial charge < -0.3 is 30.1 Å². The monoisotopic (exact) mass is 430 g/mol. The zero-order valence-corrected chi connectivity index (χ0v) is 18.3. The van der Waals surface area contributed by atoms with Gasteiger partial charge in [0.1, 0.15) is 17.3 Å². The predicted molar refractivity (Wildman–Crippen MR) is 121 cm³/mol. The zero-order valence-electron chi connectivity index (χ0n) is 18.3. The fraction of sp³-hybridized carbons (Fsp3) is 0.435. The van der Waals surface area contributed by atoms with Crippen LogP contribution in [0.1, 0.15) is 25.0 Å². The Kier molecular flexibility index (Phi) is 7.94. The maximum Gasteiger partial charge on any atom is 0.191 e. The van der Waals surface area contributed by atoms with E-state index in [1.807, 2.05) is 25.1 Å². The van der Waals surface area contributed by atoms with Crippen LogP contribution in [0.15, 0.2) is 47.5 Å². The van der Waals surface area contributed by atoms with Gasteiger partial charge >= 0.3 is 0 Å². The first kappa shape index (κ1) is 22.7. The topological polar surface area (TPSA) is 78.4 Å². The number of hydrogen-bond acceptors (Lipinski definition) is 5. The number of guanidine groups is 1. The van der Waals surface area contributed by atoms with Gasteiger partial charge in [0.2, 0.25) is 0 Å². The van der Waals surface area contributed by atoms with E-state index in [9.17, 15) is 9.50 Å². The minimum atomic E-state index is -0.791. The number of aliphatic hydroxyl groups excluding tert-OH is 1. The lowest BCUT2D eigenvalue weighted by atomic mass is 10.1. The highest BCUT2D eigenvalue weighted by Crippen LogP contribution is 2.30. The molecule has 0 spiro atoms. The molecule has 2 aromatic carbocycles. The first-order chi connectivity index (χ1) is 15.0. The Bertz CT molecular complexity index is 853. The van der Waals surface area contributed by atoms with Gasteiger partial charge in [0.05, 0.1) is 26.9 Å². The van der Waals surface area contributed by atoms with Crippen LogP contribution in [0.5, 0.6) is 11.5 Å². The molecule has 1 aliphatic rings. The van der Waals surface area contributed by atoms with Crippen LogP contribution in [-0.4, -0.2) is 57.5 Å². The number of aliphatic imine (C=N–C) groups is 1. The number of benzene rings is 2. The molecule has 3 N–H and O–H groups in total. The highest BCUT2D eigenvalue weighted by atomic mass is 19.1. The SMILES string of the molecule is CCNC(=NCC(O)c1ccc(F)cc1)NC1CCN(c2cc(OC)cc(OC)c2)C1. The molecule has 31 heavy (non-hydrogen) atoms. The van der Waals surface area contributed by atoms with Crippen molar-refractivity contribution in [2.24, 2.45) is 4.99 Å². The second-order valence-corrected chi connectivity index (χ2v) is 7.43. The summed E-state index contributed by atoms with van der Waals surface area (Å²) in [6.07, 6.45) is 0.158. The summed E-state index contributed by atoms with van der Waals surface area (Å²) in [5.74, 6) is 1.85. The normalized spacial score (nSPS) is 17.4. The van der Waals surface area contributed by atoms with Gasteiger partial charge in [0.15, 0.2) is 5.96 Å². The minimum absolute atomic E-state index is 0.185. The number of methoxy groups -OCH3 is 2. The van der Waals surface area contributed by atoms with Crippen LogP contribution in [0, 0.1) is 5.82 Å². The number of nitrogens with one attached hydrogen (secondary N) is 2. The molecule has 1 aliphatic heterocycles. The number of ether oxygens (including phenoxy) is 2. The van der Waals surface area contributed by atoms with Gasteiger partial charge in [-0.05, 0) is 31.0 Å². The van der Waals surface area contributed by atoms with Crippen LogP contribution in [0.3, 0.4) is 0 Å². The number of rotatable bonds is 8. The zero-order chi connectivity index (χ0) is 22.2. The molecule has 0 bridgehead atoms. The highest BCUT2D eigenvalue weighted by molar-refractivity contribution is 5.80. The summed E-state index contributed by atoms with van der Waals surface area (Å²) in [5.41, 5.74) is 1.69. The summed E-state index contributed by atoms with van der Waals surface area (Å²) in [5, 5.41) is 17.0. The van der Waals surface area contributed by atoms with Crippen LogP contribution >= 0.6 is 0 Å². The highest BCUT2D eigenvalue weighted by Gasteiger charge is 2.24. The molecule has 2 atom stereocenters. The molecular weight excluding hydrogens is 399 g/mol. The molecule has 0 aliphatic carbocycles. The summed E-state index contributed by atoms with van der Waals surface area (Å²) in [4.78, 5) is 6.80. The standard InChI is InChI=1S/C23H31FN4O3/c1-4-25-23(26-14-22(29)16-5-7-17(24)8-6-16)27-18-9-10-28(15-18)19-11-20(30-2)13-21(12-19)31-3/h5-8,11-13,18,22,29H,4,9-10,14-15H2,1-3H3,(H2,25,26,27). The number of halogens is 1. The third-order valence-electron chi connectivity index (χ3n) is 5.25. The van der Waals surface area contributed by atoms with E-state index >= 15 is 0 Å². The maximum atomic E-state index is 13.1. The smallest absolute Gasteiger partial charge is 0.191 e. The second-order valence-electron chi connectivity index (χ2n) is 7.43. The van der Waals surface area contributed by atoms with Crippen molar-refractivity contribution in [3.8, 4) is 11.5 Å². The molecule has 1 heterocycles. The van der Waals surface area contributed by atoms with Gasteiger partial charge in [0, 0.05) is 49.6 Å². The van der Waals surface area contributed by atoms with Gasteiger partial charge in [-0.15, -0.1) is 0 Å². The molecule has 0 amide bonds. The van der Waals surface area contributed by atoms with E-state index < -0.39 is 6.10 Å². The maximum absolute atomic E-state index is 13.1. The quantitative estimate of drug-likeness (QED) is 0.442. The summed E-state index contributed by atoms with van der Waals surface area (Å²) < 4.78 is 23.8. The van der Waals surface area contributed by atoms with Crippen molar-refractivity contribution >= 4 is 11.6 Å². The fourth-order valence-corrected chi connectivity index (χ4v) is 3.57. The molecule has 0 saturated carbocycles. The van der Waals surface area contributed by atoms with E-state index in [-0.39, 0.29) is 18.4 Å². The Hall–Kier alpha value is -3.00. The van der Waals surface area contributed by atoms with Crippen molar-refractivity contribution in [3.63, 3.8) is 0 Å². The molecule has 3 rings (SSSR count). The summed E-state index contributed by atoms with van der Waals surface area (Å²) in [6.45, 7) is 4.59. The van der Waals surface area contributed by atoms with E-state index in [1.165, 1.54) is 12.1 Å². The number of anilines is 1. The molecule has 1 saturated heterocycles. The lowest BCUT2D eigenvalue weighted by molar-refractivity contribution is 0.187. The molecule has 1 fully saturated rings. The lowest BCUT2D eigenvalue weighted by Crippen LogP contribution is -2.44. The van der Waals surface area contributed by atoms with Crippen molar-refractivity contribution in [2.75, 3.05) is 45.3 Å². The van der Waals surface area contributed by atoms with Gasteiger partial charge in [-0.2, -0.15) is 0 Å². The molecule has 2 unspecified atom stereocenters. The van der Waals surface area contributed by atoms with Crippen LogP contribution in [0.4, 0.5) is 10.1 Å². The molecule has 168 valence electrons. The predicted octanol–water partition coefficient (Wildman–Crippen LogP) is 2.71. The lowest BCUT2D eigenvalue weighted by Gasteiger charge is -2.21. The van der Waals surface area contributed by atoms with Crippen molar-refractivity contribution < 1.29 is 19.0 Å². The number of aliphatic hydroxyl groups is 1. The van der Waals surface area contributed by atoms with Crippen LogP contribution < -0.4 is 25.0 Å². The van der Waals surface area contributed by atoms with Crippen LogP contribution in [-0.2, 0) is 0 Å². The Morgan fingerprint density at radius 1 is 1.19 bits per heavy atom. The summed E-state index contributed by atoms with van der Waals surface area (Å²) in [7, 11) is 3.29. The average molecular weight is 431 g/mol. The Morgan fingerprint density at radius 2 is 1.87 bits per heavy atom. The average Bonchev–Trinajstić information content (AvgIpc) is 3.26. The number of hydrogen-bond donors (Lipinski definition) is 3. The third kappa shape index (κ3) is 6.24. The van der Waals surface area contributed by atoms with Gasteiger partial charge in [0.25, 0.3) is 0 Å². The first-order valence-corrected chi connectivity index (χ1v) is 10.5. The summed E-state index contributed by atoms with van der Waals surface area (Å²) in [6, 6.07) is 11.9. The summed E-state index contributed by atoms with van der Waals surface area (Å²) >= 11 is 0. The fourth-order valence-electron chi connectivity index (χ4n) is 3.57. The van der Waals surface area contributed by atoms with Gasteiger partial charge in [-0.3, -0.25) is 4.99 Å². The van der Waals surface area contributed by atoms with Crippen molar-refractivity contribution in [1.29, 1.82) is 0 Å². The largest absolute Gasteiger partial charge is 0.497 e.